The van der Waals surface area contributed by atoms with Crippen molar-refractivity contribution in [3.8, 4) is 0 Å². The second kappa shape index (κ2) is 6.52. The van der Waals surface area contributed by atoms with Gasteiger partial charge in [-0.25, -0.2) is 4.79 Å². The van der Waals surface area contributed by atoms with Crippen molar-refractivity contribution in [2.75, 3.05) is 5.88 Å². The van der Waals surface area contributed by atoms with Gasteiger partial charge in [0.1, 0.15) is 29.2 Å². The maximum absolute atomic E-state index is 12.4. The number of halogens is 1. The lowest BCUT2D eigenvalue weighted by atomic mass is 9.98. The Bertz CT molecular complexity index is 586. The first kappa shape index (κ1) is 17.8. The molecule has 2 aliphatic heterocycles. The minimum Gasteiger partial charge on any atom is -0.458 e. The lowest BCUT2D eigenvalue weighted by Gasteiger charge is -2.51. The van der Waals surface area contributed by atoms with E-state index >= 15 is 0 Å². The van der Waals surface area contributed by atoms with Gasteiger partial charge in [0.15, 0.2) is 6.04 Å². The van der Waals surface area contributed by atoms with E-state index in [0.717, 1.165) is 0 Å². The van der Waals surface area contributed by atoms with Gasteiger partial charge in [0, 0.05) is 5.57 Å². The molecule has 0 radical (unpaired) electrons. The van der Waals surface area contributed by atoms with Gasteiger partial charge in [0.2, 0.25) is 11.8 Å². The van der Waals surface area contributed by atoms with Gasteiger partial charge >= 0.3 is 5.97 Å². The molecule has 0 saturated carbocycles. The lowest BCUT2D eigenvalue weighted by Crippen LogP contribution is -2.74. The number of amides is 2. The number of hydrogen-bond donors (Lipinski definition) is 1. The first-order valence-electron chi connectivity index (χ1n) is 6.90. The molecule has 2 heterocycles. The SMILES string of the molecule is CC(C)(C)OC(=O)C1C(C=O)=CS[C@@H]2C(NC(=O)CCl)C(=O)N12. The molecule has 1 fully saturated rings. The summed E-state index contributed by atoms with van der Waals surface area (Å²) >= 11 is 6.62. The molecule has 0 aromatic heterocycles. The van der Waals surface area contributed by atoms with Crippen LogP contribution in [0, 0.1) is 0 Å². The maximum Gasteiger partial charge on any atom is 0.334 e. The number of aldehydes is 1. The Balaban J connectivity index is 2.22. The largest absolute Gasteiger partial charge is 0.458 e. The number of alkyl halides is 1. The number of β-lactam (4-membered cyclic amide) rings is 1. The average Bonchev–Trinajstić information content (AvgIpc) is 2.48. The Hall–Kier alpha value is -1.54. The molecule has 2 amide bonds. The van der Waals surface area contributed by atoms with Crippen molar-refractivity contribution in [3.05, 3.63) is 11.0 Å². The van der Waals surface area contributed by atoms with Gasteiger partial charge in [0.25, 0.3) is 0 Å². The van der Waals surface area contributed by atoms with E-state index in [9.17, 15) is 19.2 Å². The predicted molar refractivity (Wildman–Crippen MR) is 84.7 cm³/mol. The molecule has 0 bridgehead atoms. The van der Waals surface area contributed by atoms with Crippen LogP contribution in [0.4, 0.5) is 0 Å². The maximum atomic E-state index is 12.4. The van der Waals surface area contributed by atoms with Gasteiger partial charge in [-0.2, -0.15) is 0 Å². The zero-order chi connectivity index (χ0) is 17.4. The van der Waals surface area contributed by atoms with Crippen LogP contribution in [0.5, 0.6) is 0 Å². The minimum absolute atomic E-state index is 0.163. The first-order valence-corrected chi connectivity index (χ1v) is 8.38. The number of rotatable bonds is 4. The third kappa shape index (κ3) is 3.53. The Morgan fingerprint density at radius 3 is 2.65 bits per heavy atom. The van der Waals surface area contributed by atoms with Crippen LogP contribution in [-0.2, 0) is 23.9 Å². The highest BCUT2D eigenvalue weighted by molar-refractivity contribution is 8.03. The van der Waals surface area contributed by atoms with Crippen LogP contribution in [0.2, 0.25) is 0 Å². The summed E-state index contributed by atoms with van der Waals surface area (Å²) in [5, 5.41) is 3.56. The van der Waals surface area contributed by atoms with Gasteiger partial charge in [-0.15, -0.1) is 23.4 Å². The van der Waals surface area contributed by atoms with E-state index in [1.807, 2.05) is 0 Å². The van der Waals surface area contributed by atoms with Crippen LogP contribution >= 0.6 is 23.4 Å². The fraction of sp³-hybridized carbons (Fsp3) is 0.571. The molecule has 9 heteroatoms. The Morgan fingerprint density at radius 2 is 2.13 bits per heavy atom. The van der Waals surface area contributed by atoms with Crippen LogP contribution < -0.4 is 5.32 Å². The first-order chi connectivity index (χ1) is 10.7. The summed E-state index contributed by atoms with van der Waals surface area (Å²) in [6, 6.07) is -1.85. The van der Waals surface area contributed by atoms with Gasteiger partial charge in [-0.1, -0.05) is 0 Å². The highest BCUT2D eigenvalue weighted by Gasteiger charge is 2.56. The number of hydrogen-bond acceptors (Lipinski definition) is 6. The van der Waals surface area contributed by atoms with Crippen molar-refractivity contribution < 1.29 is 23.9 Å². The van der Waals surface area contributed by atoms with Gasteiger partial charge in [-0.3, -0.25) is 14.4 Å². The molecule has 23 heavy (non-hydrogen) atoms. The van der Waals surface area contributed by atoms with Crippen LogP contribution in [0.25, 0.3) is 0 Å². The number of carbonyl (C=O) groups is 4. The summed E-state index contributed by atoms with van der Waals surface area (Å²) in [4.78, 5) is 48.5. The van der Waals surface area contributed by atoms with Gasteiger partial charge in [0.05, 0.1) is 0 Å². The monoisotopic (exact) mass is 360 g/mol. The van der Waals surface area contributed by atoms with Crippen LogP contribution in [0.15, 0.2) is 11.0 Å². The standard InChI is InChI=1S/C14H17ClN2O5S/c1-14(2,3)22-13(21)10-7(5-18)6-23-12-9(11(20)17(10)12)16-8(19)4-15/h5-6,9-10,12H,4H2,1-3H3,(H,16,19)/t9?,10?,12-/m1/s1. The molecule has 0 aromatic rings. The van der Waals surface area contributed by atoms with Crippen LogP contribution in [0.1, 0.15) is 20.8 Å². The quantitative estimate of drug-likeness (QED) is 0.338. The fourth-order valence-corrected chi connectivity index (χ4v) is 3.58. The van der Waals surface area contributed by atoms with E-state index in [-0.39, 0.29) is 11.5 Å². The van der Waals surface area contributed by atoms with Gasteiger partial charge < -0.3 is 15.0 Å². The van der Waals surface area contributed by atoms with E-state index in [0.29, 0.717) is 6.29 Å². The molecule has 1 saturated heterocycles. The molecule has 0 aromatic carbocycles. The molecule has 1 N–H and O–H groups in total. The molecular formula is C14H17ClN2O5S. The molecule has 7 nitrogen and oxygen atoms in total. The highest BCUT2D eigenvalue weighted by atomic mass is 35.5. The molecule has 2 unspecified atom stereocenters. The van der Waals surface area contributed by atoms with E-state index in [1.54, 1.807) is 20.8 Å². The Kier molecular flexibility index (Phi) is 5.05. The van der Waals surface area contributed by atoms with Gasteiger partial charge in [-0.05, 0) is 26.2 Å². The third-order valence-electron chi connectivity index (χ3n) is 3.22. The summed E-state index contributed by atoms with van der Waals surface area (Å²) in [7, 11) is 0. The second-order valence-electron chi connectivity index (χ2n) is 6.12. The Labute approximate surface area is 142 Å². The zero-order valence-electron chi connectivity index (χ0n) is 12.9. The molecule has 2 rings (SSSR count). The molecule has 0 spiro atoms. The Morgan fingerprint density at radius 1 is 1.48 bits per heavy atom. The third-order valence-corrected chi connectivity index (χ3v) is 4.65. The molecular weight excluding hydrogens is 344 g/mol. The molecule has 126 valence electrons. The van der Waals surface area contributed by atoms with E-state index < -0.39 is 40.8 Å². The summed E-state index contributed by atoms with van der Waals surface area (Å²) < 4.78 is 5.30. The second-order valence-corrected chi connectivity index (χ2v) is 7.38. The van der Waals surface area contributed by atoms with Crippen molar-refractivity contribution in [1.82, 2.24) is 10.2 Å². The zero-order valence-corrected chi connectivity index (χ0v) is 14.4. The number of nitrogens with one attached hydrogen (secondary N) is 1. The number of carbonyl (C=O) groups excluding carboxylic acids is 4. The van der Waals surface area contributed by atoms with Crippen molar-refractivity contribution >= 4 is 47.4 Å². The van der Waals surface area contributed by atoms with Crippen molar-refractivity contribution in [2.45, 2.75) is 43.8 Å². The van der Waals surface area contributed by atoms with Crippen molar-refractivity contribution in [2.24, 2.45) is 0 Å². The summed E-state index contributed by atoms with van der Waals surface area (Å²) in [6.45, 7) is 5.10. The number of thioether (sulfide) groups is 1. The smallest absolute Gasteiger partial charge is 0.334 e. The summed E-state index contributed by atoms with van der Waals surface area (Å²) in [5.74, 6) is -1.84. The number of esters is 1. The highest BCUT2D eigenvalue weighted by Crippen LogP contribution is 2.40. The lowest BCUT2D eigenvalue weighted by molar-refractivity contribution is -0.170. The average molecular weight is 361 g/mol. The summed E-state index contributed by atoms with van der Waals surface area (Å²) in [6.07, 6.45) is 0.537. The molecule has 3 atom stereocenters. The fourth-order valence-electron chi connectivity index (χ4n) is 2.32. The minimum atomic E-state index is -1.09. The van der Waals surface area contributed by atoms with Crippen molar-refractivity contribution in [1.29, 1.82) is 0 Å². The predicted octanol–water partition coefficient (Wildman–Crippen LogP) is 0.418. The van der Waals surface area contributed by atoms with Crippen LogP contribution in [0.3, 0.4) is 0 Å². The molecule has 2 aliphatic rings. The number of nitrogens with zero attached hydrogens (tertiary/aromatic N) is 1. The van der Waals surface area contributed by atoms with E-state index in [4.69, 9.17) is 16.3 Å². The van der Waals surface area contributed by atoms with E-state index in [1.165, 1.54) is 22.1 Å². The number of fused-ring (bicyclic) bond motifs is 1. The normalized spacial score (nSPS) is 26.6. The summed E-state index contributed by atoms with van der Waals surface area (Å²) in [5.41, 5.74) is -0.582. The van der Waals surface area contributed by atoms with Crippen molar-refractivity contribution in [3.63, 3.8) is 0 Å². The van der Waals surface area contributed by atoms with Crippen LogP contribution in [-0.4, -0.2) is 57.9 Å². The topological polar surface area (TPSA) is 92.8 Å². The molecule has 0 aliphatic carbocycles. The van der Waals surface area contributed by atoms with E-state index in [2.05, 4.69) is 5.32 Å². The number of ether oxygens (including phenoxy) is 1.